The molecule has 0 aromatic rings. The lowest BCUT2D eigenvalue weighted by Gasteiger charge is -2.36. The maximum atomic E-state index is 13.0. The van der Waals surface area contributed by atoms with E-state index in [1.165, 1.54) is 0 Å². The molecule has 0 radical (unpaired) electrons. The Hall–Kier alpha value is -0.270. The summed E-state index contributed by atoms with van der Waals surface area (Å²) in [6.45, 7) is 2.66. The Labute approximate surface area is 156 Å². The van der Waals surface area contributed by atoms with Crippen LogP contribution in [0.3, 0.4) is 0 Å². The molecule has 6 nitrogen and oxygen atoms in total. The first-order valence-electron chi connectivity index (χ1n) is 8.12. The number of ether oxygens (including phenoxy) is 2. The van der Waals surface area contributed by atoms with Crippen LogP contribution in [-0.4, -0.2) is 77.5 Å². The number of esters is 1. The van der Waals surface area contributed by atoms with Crippen molar-refractivity contribution in [2.75, 3.05) is 39.8 Å². The van der Waals surface area contributed by atoms with Gasteiger partial charge in [0.2, 0.25) is 9.70 Å². The molecule has 136 valence electrons. The standard InChI is InChI=1S/C15H21Cl3N2O4/c1-19-4-6-20(7-5-19)13(21)11-9-2-3-10(24-9)12(11)14(22)23-8-15(16,17)18/h9-12H,2-8H2,1H3/t9-,10-,11?,12?/m1/s1. The van der Waals surface area contributed by atoms with Gasteiger partial charge in [-0.2, -0.15) is 0 Å². The van der Waals surface area contributed by atoms with Gasteiger partial charge < -0.3 is 19.3 Å². The van der Waals surface area contributed by atoms with Gasteiger partial charge in [0, 0.05) is 26.2 Å². The molecule has 2 unspecified atom stereocenters. The summed E-state index contributed by atoms with van der Waals surface area (Å²) in [6.07, 6.45) is 1.06. The number of fused-ring (bicyclic) bond motifs is 2. The molecule has 3 rings (SSSR count). The lowest BCUT2D eigenvalue weighted by Crippen LogP contribution is -2.52. The second-order valence-electron chi connectivity index (χ2n) is 6.69. The number of carbonyl (C=O) groups excluding carboxylic acids is 2. The van der Waals surface area contributed by atoms with E-state index in [1.54, 1.807) is 0 Å². The van der Waals surface area contributed by atoms with Crippen LogP contribution >= 0.6 is 34.8 Å². The van der Waals surface area contributed by atoms with Gasteiger partial charge in [-0.05, 0) is 19.9 Å². The molecule has 2 bridgehead atoms. The number of carbonyl (C=O) groups is 2. The van der Waals surface area contributed by atoms with Crippen molar-refractivity contribution in [2.45, 2.75) is 28.8 Å². The highest BCUT2D eigenvalue weighted by Crippen LogP contribution is 2.45. The molecule has 3 aliphatic heterocycles. The van der Waals surface area contributed by atoms with Gasteiger partial charge in [-0.3, -0.25) is 9.59 Å². The number of alkyl halides is 3. The van der Waals surface area contributed by atoms with E-state index < -0.39 is 21.6 Å². The van der Waals surface area contributed by atoms with Crippen molar-refractivity contribution in [1.29, 1.82) is 0 Å². The Balaban J connectivity index is 1.68. The van der Waals surface area contributed by atoms with Gasteiger partial charge in [-0.25, -0.2) is 0 Å². The maximum absolute atomic E-state index is 13.0. The number of hydrogen-bond acceptors (Lipinski definition) is 5. The summed E-state index contributed by atoms with van der Waals surface area (Å²) in [5.41, 5.74) is 0. The van der Waals surface area contributed by atoms with E-state index in [9.17, 15) is 9.59 Å². The van der Waals surface area contributed by atoms with Gasteiger partial charge in [-0.15, -0.1) is 0 Å². The van der Waals surface area contributed by atoms with Crippen molar-refractivity contribution >= 4 is 46.7 Å². The van der Waals surface area contributed by atoms with Crippen LogP contribution in [-0.2, 0) is 19.1 Å². The van der Waals surface area contributed by atoms with E-state index in [-0.39, 0.29) is 24.7 Å². The molecular formula is C15H21Cl3N2O4. The third kappa shape index (κ3) is 3.93. The van der Waals surface area contributed by atoms with Crippen LogP contribution < -0.4 is 0 Å². The Morgan fingerprint density at radius 1 is 1.08 bits per heavy atom. The smallest absolute Gasteiger partial charge is 0.312 e. The summed E-state index contributed by atoms with van der Waals surface area (Å²) >= 11 is 16.9. The van der Waals surface area contributed by atoms with E-state index in [0.717, 1.165) is 25.9 Å². The fourth-order valence-corrected chi connectivity index (χ4v) is 3.94. The molecule has 3 aliphatic rings. The number of nitrogens with zero attached hydrogens (tertiary/aromatic N) is 2. The number of halogens is 3. The number of likely N-dealkylation sites (N-methyl/N-ethyl adjacent to an activating group) is 1. The molecule has 3 saturated heterocycles. The lowest BCUT2D eigenvalue weighted by atomic mass is 9.78. The molecule has 0 N–H and O–H groups in total. The van der Waals surface area contributed by atoms with Gasteiger partial charge in [-0.1, -0.05) is 34.8 Å². The molecular weight excluding hydrogens is 379 g/mol. The number of piperazine rings is 1. The van der Waals surface area contributed by atoms with Gasteiger partial charge in [0.15, 0.2) is 0 Å². The molecule has 1 amide bonds. The van der Waals surface area contributed by atoms with Crippen LogP contribution in [0.4, 0.5) is 0 Å². The van der Waals surface area contributed by atoms with Crippen molar-refractivity contribution in [3.8, 4) is 0 Å². The SMILES string of the molecule is CN1CCN(C(=O)C2C(C(=O)OCC(Cl)(Cl)Cl)[C@H]3CC[C@H]2O3)CC1. The van der Waals surface area contributed by atoms with Crippen molar-refractivity contribution in [3.05, 3.63) is 0 Å². The molecule has 0 aromatic heterocycles. The van der Waals surface area contributed by atoms with Crippen LogP contribution in [0.5, 0.6) is 0 Å². The molecule has 0 spiro atoms. The normalized spacial score (nSPS) is 33.8. The van der Waals surface area contributed by atoms with Gasteiger partial charge in [0.05, 0.1) is 24.0 Å². The van der Waals surface area contributed by atoms with Crippen LogP contribution in [0.2, 0.25) is 0 Å². The number of hydrogen-bond donors (Lipinski definition) is 0. The third-order valence-corrected chi connectivity index (χ3v) is 5.35. The monoisotopic (exact) mass is 398 g/mol. The summed E-state index contributed by atoms with van der Waals surface area (Å²) in [5, 5.41) is 0. The minimum absolute atomic E-state index is 0.0221. The van der Waals surface area contributed by atoms with Crippen LogP contribution in [0.1, 0.15) is 12.8 Å². The molecule has 0 aliphatic carbocycles. The average Bonchev–Trinajstić information content (AvgIpc) is 3.13. The summed E-state index contributed by atoms with van der Waals surface area (Å²) in [5.74, 6) is -1.63. The fraction of sp³-hybridized carbons (Fsp3) is 0.867. The predicted octanol–water partition coefficient (Wildman–Crippen LogP) is 1.47. The minimum atomic E-state index is -1.66. The van der Waals surface area contributed by atoms with Gasteiger partial charge >= 0.3 is 5.97 Å². The fourth-order valence-electron chi connectivity index (χ4n) is 3.78. The lowest BCUT2D eigenvalue weighted by molar-refractivity contribution is -0.156. The van der Waals surface area contributed by atoms with Crippen molar-refractivity contribution < 1.29 is 19.1 Å². The molecule has 0 aromatic carbocycles. The second-order valence-corrected chi connectivity index (χ2v) is 9.21. The number of rotatable bonds is 3. The third-order valence-electron chi connectivity index (χ3n) is 5.02. The Morgan fingerprint density at radius 3 is 2.25 bits per heavy atom. The minimum Gasteiger partial charge on any atom is -0.461 e. The quantitative estimate of drug-likeness (QED) is 0.531. The molecule has 9 heteroatoms. The van der Waals surface area contributed by atoms with Crippen molar-refractivity contribution in [2.24, 2.45) is 11.8 Å². The number of amides is 1. The highest BCUT2D eigenvalue weighted by molar-refractivity contribution is 6.67. The molecule has 3 fully saturated rings. The predicted molar refractivity (Wildman–Crippen MR) is 90.2 cm³/mol. The van der Waals surface area contributed by atoms with E-state index in [2.05, 4.69) is 4.90 Å². The van der Waals surface area contributed by atoms with Crippen molar-refractivity contribution in [3.63, 3.8) is 0 Å². The summed E-state index contributed by atoms with van der Waals surface area (Å²) in [4.78, 5) is 29.4. The summed E-state index contributed by atoms with van der Waals surface area (Å²) in [7, 11) is 2.03. The first-order chi connectivity index (χ1) is 11.3. The highest BCUT2D eigenvalue weighted by Gasteiger charge is 2.57. The summed E-state index contributed by atoms with van der Waals surface area (Å²) in [6, 6.07) is 0. The maximum Gasteiger partial charge on any atom is 0.312 e. The van der Waals surface area contributed by atoms with E-state index in [1.807, 2.05) is 11.9 Å². The van der Waals surface area contributed by atoms with E-state index >= 15 is 0 Å². The van der Waals surface area contributed by atoms with E-state index in [0.29, 0.717) is 13.1 Å². The van der Waals surface area contributed by atoms with Crippen LogP contribution in [0.15, 0.2) is 0 Å². The Morgan fingerprint density at radius 2 is 1.67 bits per heavy atom. The largest absolute Gasteiger partial charge is 0.461 e. The van der Waals surface area contributed by atoms with Crippen molar-refractivity contribution in [1.82, 2.24) is 9.80 Å². The van der Waals surface area contributed by atoms with Crippen LogP contribution in [0.25, 0.3) is 0 Å². The molecule has 24 heavy (non-hydrogen) atoms. The second kappa shape index (κ2) is 7.16. The topological polar surface area (TPSA) is 59.1 Å². The van der Waals surface area contributed by atoms with Gasteiger partial charge in [0.1, 0.15) is 6.61 Å². The Bertz CT molecular complexity index is 505. The van der Waals surface area contributed by atoms with E-state index in [4.69, 9.17) is 44.3 Å². The Kier molecular flexibility index (Phi) is 5.52. The summed E-state index contributed by atoms with van der Waals surface area (Å²) < 4.78 is 9.30. The molecule has 0 saturated carbocycles. The van der Waals surface area contributed by atoms with Crippen LogP contribution in [0, 0.1) is 11.8 Å². The highest BCUT2D eigenvalue weighted by atomic mass is 35.6. The zero-order valence-electron chi connectivity index (χ0n) is 13.4. The first-order valence-corrected chi connectivity index (χ1v) is 9.26. The molecule has 4 atom stereocenters. The average molecular weight is 400 g/mol. The first kappa shape index (κ1) is 18.5. The van der Waals surface area contributed by atoms with Gasteiger partial charge in [0.25, 0.3) is 0 Å². The zero-order valence-corrected chi connectivity index (χ0v) is 15.7. The zero-order chi connectivity index (χ0) is 17.5. The molecule has 3 heterocycles.